The molecule has 0 aliphatic carbocycles. The van der Waals surface area contributed by atoms with Gasteiger partial charge in [-0.25, -0.2) is 0 Å². The minimum atomic E-state index is 0. The van der Waals surface area contributed by atoms with Gasteiger partial charge in [-0.05, 0) is 12.7 Å². The van der Waals surface area contributed by atoms with Crippen LogP contribution in [0, 0.1) is 6.07 Å². The van der Waals surface area contributed by atoms with Crippen molar-refractivity contribution in [1.29, 1.82) is 0 Å². The van der Waals surface area contributed by atoms with E-state index in [1.807, 2.05) is 18.2 Å². The van der Waals surface area contributed by atoms with E-state index in [2.05, 4.69) is 22.9 Å². The maximum absolute atomic E-state index is 5.35. The number of ether oxygens (including phenoxy) is 1. The zero-order valence-electron chi connectivity index (χ0n) is 9.94. The summed E-state index contributed by atoms with van der Waals surface area (Å²) in [5, 5.41) is 0. The molecule has 1 aliphatic heterocycles. The van der Waals surface area contributed by atoms with Crippen LogP contribution in [-0.2, 0) is 32.7 Å². The van der Waals surface area contributed by atoms with Gasteiger partial charge in [-0.1, -0.05) is 0 Å². The van der Waals surface area contributed by atoms with Crippen LogP contribution in [0.15, 0.2) is 18.2 Å². The summed E-state index contributed by atoms with van der Waals surface area (Å²) in [6.07, 6.45) is 0. The summed E-state index contributed by atoms with van der Waals surface area (Å²) in [4.78, 5) is 4.70. The minimum absolute atomic E-state index is 0. The molecule has 1 fully saturated rings. The van der Waals surface area contributed by atoms with E-state index < -0.39 is 0 Å². The third kappa shape index (κ3) is 3.19. The van der Waals surface area contributed by atoms with Gasteiger partial charge in [0.25, 0.3) is 0 Å². The molecule has 0 unspecified atom stereocenters. The third-order valence-corrected chi connectivity index (χ3v) is 2.87. The fourth-order valence-electron chi connectivity index (χ4n) is 1.87. The van der Waals surface area contributed by atoms with E-state index in [0.717, 1.165) is 37.6 Å². The third-order valence-electron chi connectivity index (χ3n) is 2.87. The van der Waals surface area contributed by atoms with E-state index in [0.29, 0.717) is 0 Å². The Labute approximate surface area is 123 Å². The number of likely N-dealkylation sites (N-methyl/N-ethyl adjacent to an activating group) is 1. The second-order valence-electron chi connectivity index (χ2n) is 3.89. The van der Waals surface area contributed by atoms with Crippen molar-refractivity contribution in [3.8, 4) is 5.75 Å². The first kappa shape index (κ1) is 13.9. The van der Waals surface area contributed by atoms with E-state index in [9.17, 15) is 0 Å². The van der Waals surface area contributed by atoms with Gasteiger partial charge in [0.2, 0.25) is 0 Å². The molecule has 2 rings (SSSR count). The molecular formula is C12H17N2OY-. The summed E-state index contributed by atoms with van der Waals surface area (Å²) in [7, 11) is 3.88. The molecule has 1 radical (unpaired) electrons. The van der Waals surface area contributed by atoms with Crippen LogP contribution in [0.1, 0.15) is 0 Å². The van der Waals surface area contributed by atoms with Crippen LogP contribution in [0.3, 0.4) is 0 Å². The van der Waals surface area contributed by atoms with Gasteiger partial charge >= 0.3 is 0 Å². The van der Waals surface area contributed by atoms with E-state index in [1.165, 1.54) is 0 Å². The van der Waals surface area contributed by atoms with Crippen molar-refractivity contribution in [2.45, 2.75) is 0 Å². The molecule has 0 spiro atoms. The van der Waals surface area contributed by atoms with Gasteiger partial charge in [0.15, 0.2) is 0 Å². The molecule has 0 N–H and O–H groups in total. The van der Waals surface area contributed by atoms with E-state index in [-0.39, 0.29) is 32.7 Å². The fraction of sp³-hybridized carbons (Fsp3) is 0.500. The first-order valence-electron chi connectivity index (χ1n) is 5.29. The Bertz CT molecular complexity index is 325. The molecule has 3 nitrogen and oxygen atoms in total. The van der Waals surface area contributed by atoms with Gasteiger partial charge in [-0.15, -0.1) is 6.07 Å². The first-order valence-corrected chi connectivity index (χ1v) is 5.29. The predicted octanol–water partition coefficient (Wildman–Crippen LogP) is 1.24. The van der Waals surface area contributed by atoms with Crippen LogP contribution < -0.4 is 9.64 Å². The van der Waals surface area contributed by atoms with Gasteiger partial charge < -0.3 is 14.5 Å². The van der Waals surface area contributed by atoms with Crippen LogP contribution in [0.25, 0.3) is 0 Å². The second kappa shape index (κ2) is 6.58. The van der Waals surface area contributed by atoms with E-state index in [4.69, 9.17) is 4.74 Å². The molecule has 1 aromatic carbocycles. The standard InChI is InChI=1S/C12H17N2O.Y/c1-13-7-9-14(10-8-13)11-5-3-4-6-12(11)15-2;/h4-6H,7-10H2,1-2H3;/q-1;. The average molecular weight is 294 g/mol. The summed E-state index contributed by atoms with van der Waals surface area (Å²) in [5.74, 6) is 0.943. The number of piperazine rings is 1. The van der Waals surface area contributed by atoms with Gasteiger partial charge in [-0.3, -0.25) is 0 Å². The Morgan fingerprint density at radius 1 is 1.25 bits per heavy atom. The molecule has 1 aliphatic rings. The molecular weight excluding hydrogens is 277 g/mol. The molecule has 0 saturated carbocycles. The molecule has 85 valence electrons. The normalized spacial score (nSPS) is 16.8. The molecule has 1 heterocycles. The van der Waals surface area contributed by atoms with Gasteiger partial charge in [0.1, 0.15) is 0 Å². The van der Waals surface area contributed by atoms with Crippen molar-refractivity contribution < 1.29 is 37.4 Å². The Morgan fingerprint density at radius 3 is 2.56 bits per heavy atom. The van der Waals surface area contributed by atoms with Crippen molar-refractivity contribution in [3.05, 3.63) is 24.3 Å². The average Bonchev–Trinajstić information content (AvgIpc) is 2.30. The van der Waals surface area contributed by atoms with Gasteiger partial charge in [-0.2, -0.15) is 18.2 Å². The Kier molecular flexibility index (Phi) is 5.73. The quantitative estimate of drug-likeness (QED) is 0.763. The Hall–Kier alpha value is -0.116. The first-order chi connectivity index (χ1) is 7.31. The van der Waals surface area contributed by atoms with Crippen LogP contribution >= 0.6 is 0 Å². The van der Waals surface area contributed by atoms with Crippen molar-refractivity contribution in [2.75, 3.05) is 45.2 Å². The monoisotopic (exact) mass is 294 g/mol. The number of benzene rings is 1. The molecule has 1 saturated heterocycles. The van der Waals surface area contributed by atoms with Crippen molar-refractivity contribution >= 4 is 5.69 Å². The Morgan fingerprint density at radius 2 is 1.94 bits per heavy atom. The molecule has 0 atom stereocenters. The SMILES string of the molecule is COc1cc[c-]cc1N1CCN(C)CC1.[Y]. The van der Waals surface area contributed by atoms with Crippen molar-refractivity contribution in [1.82, 2.24) is 4.90 Å². The number of methoxy groups -OCH3 is 1. The smallest absolute Gasteiger partial charge is 0.0744 e. The van der Waals surface area contributed by atoms with Crippen LogP contribution in [0.4, 0.5) is 5.69 Å². The van der Waals surface area contributed by atoms with E-state index >= 15 is 0 Å². The molecule has 0 bridgehead atoms. The number of nitrogens with zero attached hydrogens (tertiary/aromatic N) is 2. The molecule has 0 amide bonds. The molecule has 0 aromatic heterocycles. The van der Waals surface area contributed by atoms with Crippen molar-refractivity contribution in [3.63, 3.8) is 0 Å². The fourth-order valence-corrected chi connectivity index (χ4v) is 1.87. The number of anilines is 1. The van der Waals surface area contributed by atoms with E-state index in [1.54, 1.807) is 7.11 Å². The molecule has 1 aromatic rings. The van der Waals surface area contributed by atoms with Gasteiger partial charge in [0, 0.05) is 64.6 Å². The van der Waals surface area contributed by atoms with Crippen LogP contribution in [-0.4, -0.2) is 45.2 Å². The number of hydrogen-bond acceptors (Lipinski definition) is 3. The summed E-state index contributed by atoms with van der Waals surface area (Å²) in [5.41, 5.74) is 1.16. The summed E-state index contributed by atoms with van der Waals surface area (Å²) >= 11 is 0. The second-order valence-corrected chi connectivity index (χ2v) is 3.89. The Balaban J connectivity index is 0.00000128. The topological polar surface area (TPSA) is 15.7 Å². The summed E-state index contributed by atoms with van der Waals surface area (Å²) in [6.45, 7) is 4.34. The van der Waals surface area contributed by atoms with Gasteiger partial charge in [0.05, 0.1) is 7.11 Å². The minimum Gasteiger partial charge on any atom is -0.520 e. The van der Waals surface area contributed by atoms with Crippen LogP contribution in [0.5, 0.6) is 5.75 Å². The largest absolute Gasteiger partial charge is 0.520 e. The molecule has 4 heteroatoms. The van der Waals surface area contributed by atoms with Crippen molar-refractivity contribution in [2.24, 2.45) is 0 Å². The summed E-state index contributed by atoms with van der Waals surface area (Å²) < 4.78 is 5.35. The zero-order chi connectivity index (χ0) is 10.7. The maximum Gasteiger partial charge on any atom is 0.0744 e. The zero-order valence-corrected chi connectivity index (χ0v) is 12.8. The maximum atomic E-state index is 5.35. The number of hydrogen-bond donors (Lipinski definition) is 0. The predicted molar refractivity (Wildman–Crippen MR) is 61.5 cm³/mol. The summed E-state index contributed by atoms with van der Waals surface area (Å²) in [6, 6.07) is 8.97. The molecule has 16 heavy (non-hydrogen) atoms. The number of rotatable bonds is 2. The van der Waals surface area contributed by atoms with Crippen LogP contribution in [0.2, 0.25) is 0 Å².